The number of likely N-dealkylation sites (tertiary alicyclic amines) is 1. The highest BCUT2D eigenvalue weighted by atomic mass is 16.2. The smallest absolute Gasteiger partial charge is 0.243 e. The van der Waals surface area contributed by atoms with Crippen LogP contribution < -0.4 is 10.6 Å². The predicted octanol–water partition coefficient (Wildman–Crippen LogP) is 1.06. The first-order chi connectivity index (χ1) is 11.0. The number of piperidine rings is 1. The maximum Gasteiger partial charge on any atom is 0.243 e. The van der Waals surface area contributed by atoms with E-state index >= 15 is 0 Å². The molecular weight excluding hydrogens is 290 g/mol. The highest BCUT2D eigenvalue weighted by Crippen LogP contribution is 2.15. The minimum atomic E-state index is -0.00755. The van der Waals surface area contributed by atoms with Crippen LogP contribution in [0.25, 0.3) is 0 Å². The molecule has 23 heavy (non-hydrogen) atoms. The van der Waals surface area contributed by atoms with Crippen molar-refractivity contribution in [1.82, 2.24) is 20.4 Å². The van der Waals surface area contributed by atoms with E-state index in [4.69, 9.17) is 0 Å². The maximum absolute atomic E-state index is 11.6. The van der Waals surface area contributed by atoms with Crippen molar-refractivity contribution in [2.24, 2.45) is 4.99 Å². The van der Waals surface area contributed by atoms with Gasteiger partial charge < -0.3 is 20.4 Å². The lowest BCUT2D eigenvalue weighted by molar-refractivity contribution is -0.127. The average molecular weight is 323 g/mol. The molecule has 0 aromatic heterocycles. The molecule has 0 aliphatic carbocycles. The third kappa shape index (κ3) is 8.02. The molecule has 1 atom stereocenters. The number of rotatable bonds is 8. The second-order valence-corrected chi connectivity index (χ2v) is 6.28. The van der Waals surface area contributed by atoms with Gasteiger partial charge in [0.2, 0.25) is 5.91 Å². The van der Waals surface area contributed by atoms with Gasteiger partial charge in [0.15, 0.2) is 5.96 Å². The molecule has 132 valence electrons. The number of hydrogen-bond donors (Lipinski definition) is 2. The van der Waals surface area contributed by atoms with Crippen LogP contribution in [0.15, 0.2) is 17.6 Å². The van der Waals surface area contributed by atoms with Crippen LogP contribution in [0.1, 0.15) is 32.6 Å². The van der Waals surface area contributed by atoms with Crippen LogP contribution in [-0.2, 0) is 4.79 Å². The fraction of sp³-hybridized carbons (Fsp3) is 0.765. The summed E-state index contributed by atoms with van der Waals surface area (Å²) in [6.45, 7) is 9.97. The number of carbonyl (C=O) groups excluding carboxylic acids is 1. The molecule has 1 aliphatic rings. The fourth-order valence-electron chi connectivity index (χ4n) is 2.61. The predicted molar refractivity (Wildman–Crippen MR) is 96.7 cm³/mol. The van der Waals surface area contributed by atoms with E-state index < -0.39 is 0 Å². The van der Waals surface area contributed by atoms with Crippen LogP contribution in [0.5, 0.6) is 0 Å². The Balaban J connectivity index is 2.33. The molecule has 1 rings (SSSR count). The van der Waals surface area contributed by atoms with E-state index in [-0.39, 0.29) is 12.5 Å². The summed E-state index contributed by atoms with van der Waals surface area (Å²) in [4.78, 5) is 20.1. The van der Waals surface area contributed by atoms with E-state index in [0.29, 0.717) is 18.5 Å². The molecule has 0 bridgehead atoms. The van der Waals surface area contributed by atoms with E-state index in [2.05, 4.69) is 34.0 Å². The third-order valence-electron chi connectivity index (χ3n) is 4.14. The molecule has 1 unspecified atom stereocenters. The van der Waals surface area contributed by atoms with Crippen molar-refractivity contribution in [3.63, 3.8) is 0 Å². The number of hydrogen-bond acceptors (Lipinski definition) is 3. The molecular formula is C17H33N5O. The molecule has 0 aromatic carbocycles. The molecule has 1 amide bonds. The molecule has 0 aromatic rings. The summed E-state index contributed by atoms with van der Waals surface area (Å²) in [6.07, 6.45) is 6.84. The van der Waals surface area contributed by atoms with Gasteiger partial charge in [-0.3, -0.25) is 4.79 Å². The molecule has 0 spiro atoms. The molecule has 0 saturated carbocycles. The normalized spacial score (nSPS) is 19.3. The Bertz CT molecular complexity index is 394. The highest BCUT2D eigenvalue weighted by Gasteiger charge is 2.17. The first-order valence-electron chi connectivity index (χ1n) is 8.62. The lowest BCUT2D eigenvalue weighted by Crippen LogP contribution is -2.41. The van der Waals surface area contributed by atoms with Crippen molar-refractivity contribution in [2.45, 2.75) is 38.6 Å². The molecule has 6 heteroatoms. The summed E-state index contributed by atoms with van der Waals surface area (Å²) in [5.41, 5.74) is 0. The molecule has 1 fully saturated rings. The molecule has 1 heterocycles. The highest BCUT2D eigenvalue weighted by molar-refractivity contribution is 5.84. The Kier molecular flexibility index (Phi) is 9.36. The summed E-state index contributed by atoms with van der Waals surface area (Å²) in [6, 6.07) is 0.702. The van der Waals surface area contributed by atoms with Gasteiger partial charge in [-0.25, -0.2) is 4.99 Å². The van der Waals surface area contributed by atoms with Crippen molar-refractivity contribution in [1.29, 1.82) is 0 Å². The molecule has 2 N–H and O–H groups in total. The standard InChI is InChI=1S/C17H33N5O/c1-5-10-18-17(20-14-16(23)21(3)4)19-11-8-13-22-12-7-6-9-15(22)2/h5,15H,1,6-14H2,2-4H3,(H2,18,19,20). The van der Waals surface area contributed by atoms with Crippen molar-refractivity contribution < 1.29 is 4.79 Å². The second-order valence-electron chi connectivity index (χ2n) is 6.28. The van der Waals surface area contributed by atoms with Crippen LogP contribution in [-0.4, -0.2) is 74.5 Å². The Labute approximate surface area is 141 Å². The molecule has 0 radical (unpaired) electrons. The molecule has 1 saturated heterocycles. The monoisotopic (exact) mass is 323 g/mol. The van der Waals surface area contributed by atoms with Crippen molar-refractivity contribution in [3.8, 4) is 0 Å². The van der Waals surface area contributed by atoms with Gasteiger partial charge in [0, 0.05) is 39.8 Å². The van der Waals surface area contributed by atoms with Gasteiger partial charge in [-0.2, -0.15) is 0 Å². The van der Waals surface area contributed by atoms with Gasteiger partial charge in [0.25, 0.3) is 0 Å². The zero-order valence-electron chi connectivity index (χ0n) is 15.0. The van der Waals surface area contributed by atoms with Gasteiger partial charge in [-0.05, 0) is 32.7 Å². The van der Waals surface area contributed by atoms with Gasteiger partial charge in [0.1, 0.15) is 6.54 Å². The van der Waals surface area contributed by atoms with Crippen LogP contribution in [0.3, 0.4) is 0 Å². The van der Waals surface area contributed by atoms with Crippen LogP contribution >= 0.6 is 0 Å². The van der Waals surface area contributed by atoms with Crippen LogP contribution in [0, 0.1) is 0 Å². The summed E-state index contributed by atoms with van der Waals surface area (Å²) < 4.78 is 0. The Morgan fingerprint density at radius 1 is 1.39 bits per heavy atom. The third-order valence-corrected chi connectivity index (χ3v) is 4.14. The van der Waals surface area contributed by atoms with E-state index in [1.807, 2.05) is 0 Å². The Hall–Kier alpha value is -1.56. The summed E-state index contributed by atoms with van der Waals surface area (Å²) in [5, 5.41) is 6.44. The quantitative estimate of drug-likeness (QED) is 0.303. The number of likely N-dealkylation sites (N-methyl/N-ethyl adjacent to an activating group) is 1. The Morgan fingerprint density at radius 2 is 2.17 bits per heavy atom. The van der Waals surface area contributed by atoms with Gasteiger partial charge in [-0.15, -0.1) is 6.58 Å². The average Bonchev–Trinajstić information content (AvgIpc) is 2.54. The lowest BCUT2D eigenvalue weighted by atomic mass is 10.0. The summed E-state index contributed by atoms with van der Waals surface area (Å²) >= 11 is 0. The maximum atomic E-state index is 11.6. The summed E-state index contributed by atoms with van der Waals surface area (Å²) in [7, 11) is 3.48. The zero-order valence-corrected chi connectivity index (χ0v) is 15.0. The number of aliphatic imine (C=N–C) groups is 1. The van der Waals surface area contributed by atoms with Gasteiger partial charge in [0.05, 0.1) is 0 Å². The Morgan fingerprint density at radius 3 is 2.83 bits per heavy atom. The minimum absolute atomic E-state index is 0.00755. The van der Waals surface area contributed by atoms with E-state index in [1.165, 1.54) is 25.8 Å². The van der Waals surface area contributed by atoms with E-state index in [1.54, 1.807) is 25.1 Å². The first kappa shape index (κ1) is 19.5. The van der Waals surface area contributed by atoms with Crippen LogP contribution in [0.4, 0.5) is 0 Å². The van der Waals surface area contributed by atoms with Crippen molar-refractivity contribution >= 4 is 11.9 Å². The topological polar surface area (TPSA) is 60.0 Å². The fourth-order valence-corrected chi connectivity index (χ4v) is 2.61. The van der Waals surface area contributed by atoms with E-state index in [0.717, 1.165) is 19.5 Å². The van der Waals surface area contributed by atoms with Crippen molar-refractivity contribution in [3.05, 3.63) is 12.7 Å². The minimum Gasteiger partial charge on any atom is -0.356 e. The summed E-state index contributed by atoms with van der Waals surface area (Å²) in [5.74, 6) is 0.665. The lowest BCUT2D eigenvalue weighted by Gasteiger charge is -2.33. The van der Waals surface area contributed by atoms with Crippen LogP contribution in [0.2, 0.25) is 0 Å². The number of nitrogens with zero attached hydrogens (tertiary/aromatic N) is 3. The molecule has 6 nitrogen and oxygen atoms in total. The van der Waals surface area contributed by atoms with Crippen molar-refractivity contribution in [2.75, 3.05) is 46.8 Å². The largest absolute Gasteiger partial charge is 0.356 e. The number of nitrogens with one attached hydrogen (secondary N) is 2. The SMILES string of the molecule is C=CCNC(=NCC(=O)N(C)C)NCCCN1CCCCC1C. The molecule has 1 aliphatic heterocycles. The number of amides is 1. The van der Waals surface area contributed by atoms with Gasteiger partial charge >= 0.3 is 0 Å². The second kappa shape index (κ2) is 11.0. The van der Waals surface area contributed by atoms with Gasteiger partial charge in [-0.1, -0.05) is 12.5 Å². The number of guanidine groups is 1. The van der Waals surface area contributed by atoms with E-state index in [9.17, 15) is 4.79 Å². The number of carbonyl (C=O) groups is 1. The zero-order chi connectivity index (χ0) is 17.1. The first-order valence-corrected chi connectivity index (χ1v) is 8.62.